The quantitative estimate of drug-likeness (QED) is 0.446. The fraction of sp³-hybridized carbons (Fsp3) is 1.00. The second-order valence-corrected chi connectivity index (χ2v) is 3.06. The minimum Gasteiger partial charge on any atom is -0.391 e. The molecule has 0 aliphatic rings. The number of ether oxygens (including phenoxy) is 2. The first-order valence-electron chi connectivity index (χ1n) is 5.19. The smallest absolute Gasteiger partial charge is 0.180 e. The molecule has 80 valence electrons. The molecule has 0 saturated heterocycles. The van der Waals surface area contributed by atoms with Gasteiger partial charge in [0.2, 0.25) is 0 Å². The van der Waals surface area contributed by atoms with E-state index in [9.17, 15) is 0 Å². The summed E-state index contributed by atoms with van der Waals surface area (Å²) in [7, 11) is 0. The number of unbranched alkanes of at least 4 members (excludes halogenated alkanes) is 2. The third kappa shape index (κ3) is 8.22. The van der Waals surface area contributed by atoms with Crippen molar-refractivity contribution < 1.29 is 14.6 Å². The fourth-order valence-electron chi connectivity index (χ4n) is 0.872. The minimum atomic E-state index is -0.418. The molecule has 0 saturated carbocycles. The monoisotopic (exact) mass is 190 g/mol. The zero-order chi connectivity index (χ0) is 9.94. The molecule has 0 atom stereocenters. The maximum Gasteiger partial charge on any atom is 0.180 e. The Morgan fingerprint density at radius 2 is 1.46 bits per heavy atom. The first-order chi connectivity index (χ1) is 6.35. The molecule has 0 unspecified atom stereocenters. The third-order valence-corrected chi connectivity index (χ3v) is 1.75. The van der Waals surface area contributed by atoms with Crippen molar-refractivity contribution in [2.75, 3.05) is 19.8 Å². The largest absolute Gasteiger partial charge is 0.391 e. The molecule has 13 heavy (non-hydrogen) atoms. The van der Waals surface area contributed by atoms with Crippen LogP contribution in [0.25, 0.3) is 0 Å². The van der Waals surface area contributed by atoms with Gasteiger partial charge < -0.3 is 14.6 Å². The van der Waals surface area contributed by atoms with Crippen molar-refractivity contribution >= 4 is 0 Å². The summed E-state index contributed by atoms with van der Waals surface area (Å²) < 4.78 is 10.6. The van der Waals surface area contributed by atoms with Crippen molar-refractivity contribution in [1.29, 1.82) is 0 Å². The van der Waals surface area contributed by atoms with Crippen LogP contribution in [0.1, 0.15) is 39.5 Å². The van der Waals surface area contributed by atoms with Crippen LogP contribution in [0.3, 0.4) is 0 Å². The zero-order valence-corrected chi connectivity index (χ0v) is 8.79. The lowest BCUT2D eigenvalue weighted by molar-refractivity contribution is -0.163. The number of hydrogen-bond donors (Lipinski definition) is 1. The van der Waals surface area contributed by atoms with E-state index in [0.717, 1.165) is 25.7 Å². The maximum atomic E-state index is 8.87. The number of hydrogen-bond acceptors (Lipinski definition) is 3. The molecule has 0 aliphatic carbocycles. The van der Waals surface area contributed by atoms with Crippen LogP contribution >= 0.6 is 0 Å². The molecular weight excluding hydrogens is 168 g/mol. The average Bonchev–Trinajstić information content (AvgIpc) is 2.16. The van der Waals surface area contributed by atoms with Crippen molar-refractivity contribution in [3.05, 3.63) is 0 Å². The molecule has 0 spiro atoms. The van der Waals surface area contributed by atoms with Crippen LogP contribution in [0.4, 0.5) is 0 Å². The zero-order valence-electron chi connectivity index (χ0n) is 8.79. The highest BCUT2D eigenvalue weighted by molar-refractivity contribution is 4.42. The average molecular weight is 190 g/mol. The van der Waals surface area contributed by atoms with Gasteiger partial charge in [0, 0.05) is 13.2 Å². The van der Waals surface area contributed by atoms with Crippen molar-refractivity contribution in [1.82, 2.24) is 0 Å². The molecule has 1 N–H and O–H groups in total. The van der Waals surface area contributed by atoms with E-state index in [2.05, 4.69) is 13.8 Å². The molecule has 0 aliphatic heterocycles. The fourth-order valence-corrected chi connectivity index (χ4v) is 0.872. The first kappa shape index (κ1) is 12.9. The second-order valence-electron chi connectivity index (χ2n) is 3.06. The molecule has 0 heterocycles. The predicted molar refractivity (Wildman–Crippen MR) is 52.6 cm³/mol. The Morgan fingerprint density at radius 1 is 1.00 bits per heavy atom. The standard InChI is InChI=1S/C10H22O3/c1-3-5-7-12-10(9-11)13-8-6-4-2/h10-11H,3-9H2,1-2H3. The van der Waals surface area contributed by atoms with Gasteiger partial charge in [-0.05, 0) is 12.8 Å². The minimum absolute atomic E-state index is 0.0482. The Morgan fingerprint density at radius 3 is 1.77 bits per heavy atom. The molecule has 0 bridgehead atoms. The van der Waals surface area contributed by atoms with Crippen LogP contribution < -0.4 is 0 Å². The Kier molecular flexibility index (Phi) is 9.87. The van der Waals surface area contributed by atoms with E-state index in [4.69, 9.17) is 14.6 Å². The normalized spacial score (nSPS) is 11.1. The molecule has 0 amide bonds. The molecule has 0 aromatic heterocycles. The molecule has 3 heteroatoms. The van der Waals surface area contributed by atoms with E-state index in [-0.39, 0.29) is 6.61 Å². The summed E-state index contributed by atoms with van der Waals surface area (Å²) in [6.45, 7) is 5.51. The molecule has 0 fully saturated rings. The Labute approximate surface area is 81.0 Å². The van der Waals surface area contributed by atoms with Crippen LogP contribution in [0.15, 0.2) is 0 Å². The van der Waals surface area contributed by atoms with Crippen LogP contribution in [0.5, 0.6) is 0 Å². The molecule has 0 radical (unpaired) electrons. The van der Waals surface area contributed by atoms with Gasteiger partial charge in [-0.2, -0.15) is 0 Å². The van der Waals surface area contributed by atoms with Gasteiger partial charge in [-0.25, -0.2) is 0 Å². The number of aliphatic hydroxyl groups excluding tert-OH is 1. The lowest BCUT2D eigenvalue weighted by Gasteiger charge is -2.15. The Bertz CT molecular complexity index is 86.2. The predicted octanol–water partition coefficient (Wildman–Crippen LogP) is 1.94. The molecule has 0 aromatic carbocycles. The molecular formula is C10H22O3. The van der Waals surface area contributed by atoms with E-state index in [0.29, 0.717) is 13.2 Å². The van der Waals surface area contributed by atoms with E-state index >= 15 is 0 Å². The Hall–Kier alpha value is -0.120. The van der Waals surface area contributed by atoms with Gasteiger partial charge in [0.25, 0.3) is 0 Å². The molecule has 0 rings (SSSR count). The van der Waals surface area contributed by atoms with E-state index in [1.807, 2.05) is 0 Å². The van der Waals surface area contributed by atoms with Crippen LogP contribution in [-0.4, -0.2) is 31.2 Å². The van der Waals surface area contributed by atoms with Gasteiger partial charge in [0.1, 0.15) is 0 Å². The van der Waals surface area contributed by atoms with Crippen molar-refractivity contribution in [2.24, 2.45) is 0 Å². The summed E-state index contributed by atoms with van der Waals surface area (Å²) in [6, 6.07) is 0. The topological polar surface area (TPSA) is 38.7 Å². The highest BCUT2D eigenvalue weighted by Crippen LogP contribution is 1.99. The summed E-state index contributed by atoms with van der Waals surface area (Å²) in [4.78, 5) is 0. The SMILES string of the molecule is CCCCOC(CO)OCCCC. The van der Waals surface area contributed by atoms with Crippen LogP contribution in [0.2, 0.25) is 0 Å². The van der Waals surface area contributed by atoms with E-state index in [1.54, 1.807) is 0 Å². The van der Waals surface area contributed by atoms with Crippen molar-refractivity contribution in [3.8, 4) is 0 Å². The molecule has 0 aromatic rings. The first-order valence-corrected chi connectivity index (χ1v) is 5.19. The van der Waals surface area contributed by atoms with Gasteiger partial charge in [-0.1, -0.05) is 26.7 Å². The highest BCUT2D eigenvalue weighted by atomic mass is 16.7. The van der Waals surface area contributed by atoms with Gasteiger partial charge in [-0.3, -0.25) is 0 Å². The summed E-state index contributed by atoms with van der Waals surface area (Å²) in [6.07, 6.45) is 3.83. The maximum absolute atomic E-state index is 8.87. The van der Waals surface area contributed by atoms with Gasteiger partial charge in [0.15, 0.2) is 6.29 Å². The second kappa shape index (κ2) is 9.96. The van der Waals surface area contributed by atoms with E-state index in [1.165, 1.54) is 0 Å². The van der Waals surface area contributed by atoms with Crippen LogP contribution in [0, 0.1) is 0 Å². The lowest BCUT2D eigenvalue weighted by atomic mass is 10.3. The summed E-state index contributed by atoms with van der Waals surface area (Å²) in [5.74, 6) is 0. The highest BCUT2D eigenvalue weighted by Gasteiger charge is 2.05. The van der Waals surface area contributed by atoms with Crippen molar-refractivity contribution in [3.63, 3.8) is 0 Å². The number of aliphatic hydroxyl groups is 1. The molecule has 3 nitrogen and oxygen atoms in total. The van der Waals surface area contributed by atoms with Crippen molar-refractivity contribution in [2.45, 2.75) is 45.8 Å². The van der Waals surface area contributed by atoms with Gasteiger partial charge in [0.05, 0.1) is 6.61 Å². The van der Waals surface area contributed by atoms with Crippen LogP contribution in [-0.2, 0) is 9.47 Å². The lowest BCUT2D eigenvalue weighted by Crippen LogP contribution is -2.22. The number of rotatable bonds is 9. The summed E-state index contributed by atoms with van der Waals surface area (Å²) >= 11 is 0. The van der Waals surface area contributed by atoms with Gasteiger partial charge in [-0.15, -0.1) is 0 Å². The summed E-state index contributed by atoms with van der Waals surface area (Å²) in [5.41, 5.74) is 0. The van der Waals surface area contributed by atoms with Gasteiger partial charge >= 0.3 is 0 Å². The summed E-state index contributed by atoms with van der Waals surface area (Å²) in [5, 5.41) is 8.87. The Balaban J connectivity index is 3.28. The van der Waals surface area contributed by atoms with E-state index < -0.39 is 6.29 Å². The third-order valence-electron chi connectivity index (χ3n) is 1.75.